The van der Waals surface area contributed by atoms with E-state index in [4.69, 9.17) is 14.2 Å². The van der Waals surface area contributed by atoms with Crippen LogP contribution < -0.4 is 14.2 Å². The minimum absolute atomic E-state index is 0.0462. The Hall–Kier alpha value is -2.34. The summed E-state index contributed by atoms with van der Waals surface area (Å²) in [6.45, 7) is 6.18. The van der Waals surface area contributed by atoms with Crippen LogP contribution in [0.3, 0.4) is 0 Å². The predicted molar refractivity (Wildman–Crippen MR) is 115 cm³/mol. The molecule has 0 spiro atoms. The van der Waals surface area contributed by atoms with E-state index < -0.39 is 0 Å². The van der Waals surface area contributed by atoms with Crippen LogP contribution in [0.1, 0.15) is 42.6 Å². The first-order valence-electron chi connectivity index (χ1n) is 10.1. The summed E-state index contributed by atoms with van der Waals surface area (Å²) in [7, 11) is 0. The monoisotopic (exact) mass is 413 g/mol. The van der Waals surface area contributed by atoms with Crippen molar-refractivity contribution in [1.82, 2.24) is 4.90 Å². The van der Waals surface area contributed by atoms with E-state index in [1.165, 1.54) is 11.1 Å². The van der Waals surface area contributed by atoms with Gasteiger partial charge in [0.2, 0.25) is 6.79 Å². The predicted octanol–water partition coefficient (Wildman–Crippen LogP) is 4.62. The summed E-state index contributed by atoms with van der Waals surface area (Å²) in [4.78, 5) is 14.6. The molecule has 1 amide bonds. The molecule has 0 aromatic heterocycles. The van der Waals surface area contributed by atoms with Crippen LogP contribution in [0.5, 0.6) is 17.2 Å². The molecule has 5 nitrogen and oxygen atoms in total. The van der Waals surface area contributed by atoms with Gasteiger partial charge in [-0.25, -0.2) is 0 Å². The summed E-state index contributed by atoms with van der Waals surface area (Å²) in [6.07, 6.45) is 0.916. The maximum Gasteiger partial charge on any atom is 0.260 e. The van der Waals surface area contributed by atoms with Crippen LogP contribution in [-0.4, -0.2) is 43.0 Å². The molecule has 0 bridgehead atoms. The van der Waals surface area contributed by atoms with Gasteiger partial charge < -0.3 is 19.1 Å². The molecule has 4 rings (SSSR count). The maximum atomic E-state index is 12.7. The maximum absolute atomic E-state index is 12.7. The van der Waals surface area contributed by atoms with Gasteiger partial charge in [-0.15, -0.1) is 0 Å². The smallest absolute Gasteiger partial charge is 0.260 e. The fourth-order valence-electron chi connectivity index (χ4n) is 3.58. The van der Waals surface area contributed by atoms with E-state index in [9.17, 15) is 4.79 Å². The average Bonchev–Trinajstić information content (AvgIpc) is 3.07. The Morgan fingerprint density at radius 1 is 1.14 bits per heavy atom. The van der Waals surface area contributed by atoms with Crippen LogP contribution in [0.2, 0.25) is 0 Å². The van der Waals surface area contributed by atoms with Crippen molar-refractivity contribution in [3.8, 4) is 17.2 Å². The number of benzene rings is 2. The lowest BCUT2D eigenvalue weighted by molar-refractivity contribution is -0.133. The molecule has 1 atom stereocenters. The summed E-state index contributed by atoms with van der Waals surface area (Å²) in [5.41, 5.74) is 2.50. The fraction of sp³-hybridized carbons (Fsp3) is 0.435. The van der Waals surface area contributed by atoms with Crippen LogP contribution in [0.15, 0.2) is 42.5 Å². The standard InChI is InChI=1S/C23H27NO4S/c1-16(2)17-3-6-19(7-4-17)26-14-23(25)24-10-9-22(29-12-11-24)18-5-8-20-21(13-18)28-15-27-20/h3-8,13,16,22H,9-12,14-15H2,1-2H3. The molecule has 2 aromatic carbocycles. The van der Waals surface area contributed by atoms with Gasteiger partial charge in [0.15, 0.2) is 18.1 Å². The molecule has 29 heavy (non-hydrogen) atoms. The van der Waals surface area contributed by atoms with E-state index >= 15 is 0 Å². The van der Waals surface area contributed by atoms with Crippen LogP contribution in [0.4, 0.5) is 0 Å². The topological polar surface area (TPSA) is 48.0 Å². The Morgan fingerprint density at radius 2 is 1.93 bits per heavy atom. The summed E-state index contributed by atoms with van der Waals surface area (Å²) in [5, 5.41) is 0.354. The second-order valence-electron chi connectivity index (χ2n) is 7.65. The minimum atomic E-state index is 0.0462. The Kier molecular flexibility index (Phi) is 6.19. The van der Waals surface area contributed by atoms with Gasteiger partial charge in [0, 0.05) is 24.1 Å². The molecule has 1 fully saturated rings. The van der Waals surface area contributed by atoms with Gasteiger partial charge >= 0.3 is 0 Å². The van der Waals surface area contributed by atoms with Crippen LogP contribution in [-0.2, 0) is 4.79 Å². The van der Waals surface area contributed by atoms with E-state index in [0.29, 0.717) is 18.0 Å². The lowest BCUT2D eigenvalue weighted by Crippen LogP contribution is -2.36. The molecule has 154 valence electrons. The second kappa shape index (κ2) is 8.99. The van der Waals surface area contributed by atoms with Gasteiger partial charge in [-0.3, -0.25) is 4.79 Å². The summed E-state index contributed by atoms with van der Waals surface area (Å²) in [5.74, 6) is 3.81. The van der Waals surface area contributed by atoms with Gasteiger partial charge in [-0.05, 0) is 47.7 Å². The highest BCUT2D eigenvalue weighted by Crippen LogP contribution is 2.40. The first kappa shape index (κ1) is 20.0. The van der Waals surface area contributed by atoms with Crippen molar-refractivity contribution in [2.75, 3.05) is 32.2 Å². The van der Waals surface area contributed by atoms with Crippen molar-refractivity contribution >= 4 is 17.7 Å². The van der Waals surface area contributed by atoms with Crippen LogP contribution in [0, 0.1) is 0 Å². The Morgan fingerprint density at radius 3 is 2.72 bits per heavy atom. The number of nitrogens with zero attached hydrogens (tertiary/aromatic N) is 1. The average molecular weight is 414 g/mol. The third-order valence-electron chi connectivity index (χ3n) is 5.37. The molecule has 6 heteroatoms. The molecule has 1 saturated heterocycles. The van der Waals surface area contributed by atoms with E-state index in [1.807, 2.05) is 34.9 Å². The number of ether oxygens (including phenoxy) is 3. The van der Waals surface area contributed by atoms with Crippen LogP contribution in [0.25, 0.3) is 0 Å². The van der Waals surface area contributed by atoms with Crippen molar-refractivity contribution in [3.05, 3.63) is 53.6 Å². The van der Waals surface area contributed by atoms with Gasteiger partial charge in [-0.1, -0.05) is 32.0 Å². The third-order valence-corrected chi connectivity index (χ3v) is 6.70. The van der Waals surface area contributed by atoms with Gasteiger partial charge in [-0.2, -0.15) is 11.8 Å². The molecule has 0 radical (unpaired) electrons. The fourth-order valence-corrected chi connectivity index (χ4v) is 4.81. The third kappa shape index (κ3) is 4.81. The van der Waals surface area contributed by atoms with Crippen LogP contribution >= 0.6 is 11.8 Å². The van der Waals surface area contributed by atoms with Crippen molar-refractivity contribution in [1.29, 1.82) is 0 Å². The number of thioether (sulfide) groups is 1. The molecule has 2 aromatic rings. The number of fused-ring (bicyclic) bond motifs is 1. The molecule has 0 aliphatic carbocycles. The molecule has 2 aliphatic rings. The lowest BCUT2D eigenvalue weighted by Gasteiger charge is -2.20. The quantitative estimate of drug-likeness (QED) is 0.716. The summed E-state index contributed by atoms with van der Waals surface area (Å²) >= 11 is 1.89. The minimum Gasteiger partial charge on any atom is -0.484 e. The van der Waals surface area contributed by atoms with E-state index in [1.54, 1.807) is 0 Å². The molecular weight excluding hydrogens is 386 g/mol. The highest BCUT2D eigenvalue weighted by atomic mass is 32.2. The zero-order valence-corrected chi connectivity index (χ0v) is 17.7. The lowest BCUT2D eigenvalue weighted by atomic mass is 10.0. The molecule has 2 heterocycles. The molecular formula is C23H27NO4S. The second-order valence-corrected chi connectivity index (χ2v) is 8.96. The SMILES string of the molecule is CC(C)c1ccc(OCC(=O)N2CCSC(c3ccc4c(c3)OCO4)CC2)cc1. The first-order valence-corrected chi connectivity index (χ1v) is 11.2. The van der Waals surface area contributed by atoms with Gasteiger partial charge in [0.1, 0.15) is 5.75 Å². The summed E-state index contributed by atoms with van der Waals surface area (Å²) < 4.78 is 16.6. The zero-order valence-electron chi connectivity index (χ0n) is 16.9. The highest BCUT2D eigenvalue weighted by molar-refractivity contribution is 7.99. The first-order chi connectivity index (χ1) is 14.1. The normalized spacial score (nSPS) is 18.6. The van der Waals surface area contributed by atoms with Crippen molar-refractivity contribution in [3.63, 3.8) is 0 Å². The number of rotatable bonds is 5. The van der Waals surface area contributed by atoms with E-state index in [2.05, 4.69) is 38.1 Å². The van der Waals surface area contributed by atoms with Crippen molar-refractivity contribution < 1.29 is 19.0 Å². The Balaban J connectivity index is 1.30. The van der Waals surface area contributed by atoms with Gasteiger partial charge in [0.05, 0.1) is 0 Å². The number of hydrogen-bond donors (Lipinski definition) is 0. The van der Waals surface area contributed by atoms with E-state index in [0.717, 1.165) is 42.5 Å². The highest BCUT2D eigenvalue weighted by Gasteiger charge is 2.24. The van der Waals surface area contributed by atoms with Crippen molar-refractivity contribution in [2.24, 2.45) is 0 Å². The van der Waals surface area contributed by atoms with Crippen molar-refractivity contribution in [2.45, 2.75) is 31.4 Å². The zero-order chi connectivity index (χ0) is 20.2. The Bertz CT molecular complexity index is 852. The molecule has 0 N–H and O–H groups in total. The number of amides is 1. The number of hydrogen-bond acceptors (Lipinski definition) is 5. The molecule has 1 unspecified atom stereocenters. The number of carbonyl (C=O) groups excluding carboxylic acids is 1. The van der Waals surface area contributed by atoms with E-state index in [-0.39, 0.29) is 12.5 Å². The van der Waals surface area contributed by atoms with Gasteiger partial charge in [0.25, 0.3) is 5.91 Å². The number of carbonyl (C=O) groups is 1. The molecule has 0 saturated carbocycles. The largest absolute Gasteiger partial charge is 0.484 e. The molecule has 2 aliphatic heterocycles. The Labute approximate surface area is 176 Å². The summed E-state index contributed by atoms with van der Waals surface area (Å²) in [6, 6.07) is 14.2.